The molecular weight excluding hydrogens is 402 g/mol. The number of anilines is 1. The molecule has 1 amide bonds. The van der Waals surface area contributed by atoms with Crippen molar-refractivity contribution in [2.24, 2.45) is 10.9 Å². The van der Waals surface area contributed by atoms with E-state index in [0.29, 0.717) is 0 Å². The van der Waals surface area contributed by atoms with Gasteiger partial charge >= 0.3 is 0 Å². The van der Waals surface area contributed by atoms with Crippen molar-refractivity contribution in [1.29, 1.82) is 0 Å². The number of nitroso groups, excluding NO2 is 1. The SMILES string of the molecule is C/C(N)=C1/NCCC(Nc2cccc(CC(=O)N=O)c2)c2cc(C3=CCNCC3)ccc21. The van der Waals surface area contributed by atoms with Crippen molar-refractivity contribution in [1.82, 2.24) is 10.6 Å². The first-order valence-corrected chi connectivity index (χ1v) is 11.0. The summed E-state index contributed by atoms with van der Waals surface area (Å²) in [5.41, 5.74) is 14.5. The van der Waals surface area contributed by atoms with Crippen LogP contribution in [0.15, 0.2) is 59.4 Å². The van der Waals surface area contributed by atoms with Crippen LogP contribution in [0.4, 0.5) is 5.69 Å². The van der Waals surface area contributed by atoms with Crippen LogP contribution in [-0.4, -0.2) is 25.5 Å². The maximum atomic E-state index is 11.4. The Balaban J connectivity index is 1.70. The second-order valence-electron chi connectivity index (χ2n) is 8.32. The molecule has 0 spiro atoms. The van der Waals surface area contributed by atoms with Crippen molar-refractivity contribution in [3.8, 4) is 0 Å². The van der Waals surface area contributed by atoms with Gasteiger partial charge in [-0.05, 0) is 66.8 Å². The van der Waals surface area contributed by atoms with Crippen molar-refractivity contribution in [3.05, 3.63) is 81.4 Å². The molecule has 2 heterocycles. The first-order valence-electron chi connectivity index (χ1n) is 11.0. The molecule has 0 radical (unpaired) electrons. The summed E-state index contributed by atoms with van der Waals surface area (Å²) in [6.07, 6.45) is 4.14. The Morgan fingerprint density at radius 2 is 2.09 bits per heavy atom. The molecule has 0 fully saturated rings. The number of hydrogen-bond donors (Lipinski definition) is 4. The Morgan fingerprint density at radius 3 is 2.84 bits per heavy atom. The lowest BCUT2D eigenvalue weighted by Crippen LogP contribution is -2.20. The van der Waals surface area contributed by atoms with Crippen LogP contribution in [0.25, 0.3) is 11.3 Å². The molecule has 32 heavy (non-hydrogen) atoms. The maximum absolute atomic E-state index is 11.4. The summed E-state index contributed by atoms with van der Waals surface area (Å²) in [7, 11) is 0. The highest BCUT2D eigenvalue weighted by Gasteiger charge is 2.23. The third-order valence-electron chi connectivity index (χ3n) is 5.99. The summed E-state index contributed by atoms with van der Waals surface area (Å²) in [4.78, 5) is 21.9. The van der Waals surface area contributed by atoms with Gasteiger partial charge in [-0.25, -0.2) is 0 Å². The quantitative estimate of drug-likeness (QED) is 0.538. The Morgan fingerprint density at radius 1 is 1.22 bits per heavy atom. The lowest BCUT2D eigenvalue weighted by atomic mass is 9.91. The van der Waals surface area contributed by atoms with Crippen LogP contribution in [0.1, 0.15) is 48.1 Å². The average Bonchev–Trinajstić information content (AvgIpc) is 2.99. The number of fused-ring (bicyclic) bond motifs is 1. The highest BCUT2D eigenvalue weighted by Crippen LogP contribution is 2.35. The zero-order valence-electron chi connectivity index (χ0n) is 18.3. The molecule has 5 N–H and O–H groups in total. The molecule has 2 aromatic carbocycles. The summed E-state index contributed by atoms with van der Waals surface area (Å²) in [5.74, 6) is -0.667. The molecule has 7 nitrogen and oxygen atoms in total. The number of carbonyl (C=O) groups excluding carboxylic acids is 1. The van der Waals surface area contributed by atoms with Gasteiger partial charge in [0, 0.05) is 35.2 Å². The minimum atomic E-state index is -0.667. The third-order valence-corrected chi connectivity index (χ3v) is 5.99. The molecule has 7 heteroatoms. The zero-order chi connectivity index (χ0) is 22.5. The molecule has 2 aliphatic heterocycles. The minimum absolute atomic E-state index is 0.00736. The number of amides is 1. The van der Waals surface area contributed by atoms with Crippen LogP contribution >= 0.6 is 0 Å². The van der Waals surface area contributed by atoms with Crippen molar-refractivity contribution in [2.75, 3.05) is 25.0 Å². The summed E-state index contributed by atoms with van der Waals surface area (Å²) >= 11 is 0. The van der Waals surface area contributed by atoms with Crippen molar-refractivity contribution < 1.29 is 4.79 Å². The average molecular weight is 432 g/mol. The number of benzene rings is 2. The van der Waals surface area contributed by atoms with E-state index in [2.05, 4.69) is 45.4 Å². The molecule has 1 unspecified atom stereocenters. The molecule has 0 saturated heterocycles. The number of nitrogens with one attached hydrogen (secondary N) is 3. The van der Waals surface area contributed by atoms with E-state index in [9.17, 15) is 9.70 Å². The van der Waals surface area contributed by atoms with Gasteiger partial charge < -0.3 is 21.7 Å². The molecule has 0 saturated carbocycles. The normalized spacial score (nSPS) is 19.7. The fourth-order valence-corrected chi connectivity index (χ4v) is 4.44. The number of nitrogens with two attached hydrogens (primary N) is 1. The Labute approximate surface area is 188 Å². The van der Waals surface area contributed by atoms with E-state index in [1.807, 2.05) is 31.2 Å². The largest absolute Gasteiger partial charge is 0.401 e. The van der Waals surface area contributed by atoms with E-state index < -0.39 is 5.91 Å². The second-order valence-corrected chi connectivity index (χ2v) is 8.32. The van der Waals surface area contributed by atoms with Gasteiger partial charge in [0.05, 0.1) is 18.2 Å². The van der Waals surface area contributed by atoms with E-state index in [4.69, 9.17) is 5.73 Å². The molecule has 0 bridgehead atoms. The van der Waals surface area contributed by atoms with Gasteiger partial charge in [-0.3, -0.25) is 4.79 Å². The second kappa shape index (κ2) is 9.78. The van der Waals surface area contributed by atoms with Crippen molar-refractivity contribution in [3.63, 3.8) is 0 Å². The van der Waals surface area contributed by atoms with Crippen LogP contribution in [0.5, 0.6) is 0 Å². The Bertz CT molecular complexity index is 1090. The molecule has 4 rings (SSSR count). The fraction of sp³-hybridized carbons (Fsp3) is 0.320. The zero-order valence-corrected chi connectivity index (χ0v) is 18.3. The van der Waals surface area contributed by atoms with Gasteiger partial charge in [-0.2, -0.15) is 0 Å². The number of hydrogen-bond acceptors (Lipinski definition) is 6. The third kappa shape index (κ3) is 4.89. The van der Waals surface area contributed by atoms with Gasteiger partial charge in [0.2, 0.25) is 0 Å². The Hall–Kier alpha value is -3.45. The van der Waals surface area contributed by atoms with Crippen LogP contribution in [0, 0.1) is 4.91 Å². The molecule has 2 aromatic rings. The van der Waals surface area contributed by atoms with Crippen molar-refractivity contribution in [2.45, 2.75) is 32.2 Å². The standard InChI is InChI=1S/C25H29N5O2/c1-16(26)25-21-6-5-19(18-7-10-27-11-8-18)15-22(21)23(9-12-28-25)29-20-4-2-3-17(13-20)14-24(31)30-32/h2-7,13,15,23,27-29H,8-12,14,26H2,1H3/b25-16-. The van der Waals surface area contributed by atoms with Crippen molar-refractivity contribution >= 4 is 22.9 Å². The topological polar surface area (TPSA) is 109 Å². The summed E-state index contributed by atoms with van der Waals surface area (Å²) in [6.45, 7) is 4.58. The first kappa shape index (κ1) is 21.8. The van der Waals surface area contributed by atoms with Gasteiger partial charge in [-0.15, -0.1) is 4.91 Å². The molecular formula is C25H29N5O2. The van der Waals surface area contributed by atoms with Gasteiger partial charge in [-0.1, -0.05) is 30.3 Å². The fourth-order valence-electron chi connectivity index (χ4n) is 4.44. The summed E-state index contributed by atoms with van der Waals surface area (Å²) in [5, 5.41) is 13.0. The van der Waals surface area contributed by atoms with Crippen LogP contribution in [-0.2, 0) is 11.2 Å². The van der Waals surface area contributed by atoms with E-state index in [1.165, 1.54) is 16.7 Å². The molecule has 0 aliphatic carbocycles. The van der Waals surface area contributed by atoms with Gasteiger partial charge in [0.25, 0.3) is 5.91 Å². The van der Waals surface area contributed by atoms with Gasteiger partial charge in [0.1, 0.15) is 0 Å². The van der Waals surface area contributed by atoms with E-state index in [1.54, 1.807) is 0 Å². The Kier molecular flexibility index (Phi) is 6.66. The van der Waals surface area contributed by atoms with E-state index in [-0.39, 0.29) is 12.5 Å². The molecule has 166 valence electrons. The van der Waals surface area contributed by atoms with E-state index in [0.717, 1.165) is 60.7 Å². The number of nitrogens with zero attached hydrogens (tertiary/aromatic N) is 1. The predicted octanol–water partition coefficient (Wildman–Crippen LogP) is 3.69. The van der Waals surface area contributed by atoms with Crippen LogP contribution in [0.3, 0.4) is 0 Å². The minimum Gasteiger partial charge on any atom is -0.401 e. The molecule has 0 aromatic heterocycles. The predicted molar refractivity (Wildman–Crippen MR) is 129 cm³/mol. The smallest absolute Gasteiger partial charge is 0.290 e. The van der Waals surface area contributed by atoms with E-state index >= 15 is 0 Å². The lowest BCUT2D eigenvalue weighted by molar-refractivity contribution is -0.117. The molecule has 1 atom stereocenters. The number of carbonyl (C=O) groups is 1. The highest BCUT2D eigenvalue weighted by molar-refractivity contribution is 5.79. The molecule has 2 aliphatic rings. The maximum Gasteiger partial charge on any atom is 0.290 e. The number of rotatable bonds is 5. The summed E-state index contributed by atoms with van der Waals surface area (Å²) in [6, 6.07) is 14.3. The monoisotopic (exact) mass is 431 g/mol. The first-order chi connectivity index (χ1) is 15.5. The van der Waals surface area contributed by atoms with Crippen LogP contribution < -0.4 is 21.7 Å². The highest BCUT2D eigenvalue weighted by atomic mass is 16.3. The lowest BCUT2D eigenvalue weighted by Gasteiger charge is -2.23. The summed E-state index contributed by atoms with van der Waals surface area (Å²) < 4.78 is 0. The van der Waals surface area contributed by atoms with Crippen LogP contribution in [0.2, 0.25) is 0 Å². The number of allylic oxidation sites excluding steroid dienone is 1. The van der Waals surface area contributed by atoms with Gasteiger partial charge in [0.15, 0.2) is 0 Å².